The van der Waals surface area contributed by atoms with Crippen molar-refractivity contribution in [2.75, 3.05) is 6.61 Å². The van der Waals surface area contributed by atoms with E-state index in [2.05, 4.69) is 10.6 Å². The quantitative estimate of drug-likeness (QED) is 0.204. The Bertz CT molecular complexity index is 1030. The molecule has 2 rings (SSSR count). The molecule has 0 fully saturated rings. The predicted octanol–water partition coefficient (Wildman–Crippen LogP) is 3.13. The molecule has 174 valence electrons. The van der Waals surface area contributed by atoms with Gasteiger partial charge in [0.1, 0.15) is 17.5 Å². The fourth-order valence-electron chi connectivity index (χ4n) is 2.58. The van der Waals surface area contributed by atoms with Gasteiger partial charge in [0.15, 0.2) is 0 Å². The summed E-state index contributed by atoms with van der Waals surface area (Å²) < 4.78 is 5.56. The van der Waals surface area contributed by atoms with E-state index in [9.17, 15) is 24.5 Å². The van der Waals surface area contributed by atoms with Gasteiger partial charge in [0, 0.05) is 17.7 Å². The van der Waals surface area contributed by atoms with Crippen LogP contribution in [-0.2, 0) is 9.59 Å². The lowest BCUT2D eigenvalue weighted by atomic mass is 10.1. The summed E-state index contributed by atoms with van der Waals surface area (Å²) in [5.41, 5.74) is 0.299. The van der Waals surface area contributed by atoms with Crippen LogP contribution in [0.2, 0.25) is 0 Å². The van der Waals surface area contributed by atoms with Gasteiger partial charge in [-0.3, -0.25) is 24.5 Å². The van der Waals surface area contributed by atoms with Crippen molar-refractivity contribution in [1.29, 1.82) is 0 Å². The molecular weight excluding hydrogens is 430 g/mol. The van der Waals surface area contributed by atoms with Gasteiger partial charge in [-0.25, -0.2) is 0 Å². The standard InChI is InChI=1S/C23H25N3O7/c1-3-4-13-33-19-11-7-17(8-12-19)21(27)25-20(22(28)24-15(2)23(29)30)14-16-5-9-18(10-6-16)26(31)32/h5-12,14-15H,3-4,13H2,1-2H3,(H,24,28)(H,25,27)(H,29,30)/b20-14+. The fourth-order valence-corrected chi connectivity index (χ4v) is 2.58. The van der Waals surface area contributed by atoms with Crippen molar-refractivity contribution in [3.63, 3.8) is 0 Å². The Morgan fingerprint density at radius 3 is 2.30 bits per heavy atom. The number of non-ortho nitro benzene ring substituents is 1. The SMILES string of the molecule is CCCCOc1ccc(C(=O)N/C(=C/c2ccc([N+](=O)[O-])cc2)C(=O)NC(C)C(=O)O)cc1. The first kappa shape index (κ1) is 25.1. The molecule has 1 atom stereocenters. The number of nitrogens with one attached hydrogen (secondary N) is 2. The molecule has 0 aliphatic carbocycles. The zero-order valence-corrected chi connectivity index (χ0v) is 18.2. The molecule has 2 aromatic carbocycles. The summed E-state index contributed by atoms with van der Waals surface area (Å²) in [6.07, 6.45) is 3.20. The van der Waals surface area contributed by atoms with Gasteiger partial charge in [0.05, 0.1) is 11.5 Å². The number of carbonyl (C=O) groups is 3. The van der Waals surface area contributed by atoms with E-state index >= 15 is 0 Å². The molecule has 0 saturated carbocycles. The van der Waals surface area contributed by atoms with Crippen LogP contribution < -0.4 is 15.4 Å². The van der Waals surface area contributed by atoms with Crippen LogP contribution in [0.15, 0.2) is 54.2 Å². The highest BCUT2D eigenvalue weighted by atomic mass is 16.6. The first-order valence-corrected chi connectivity index (χ1v) is 10.2. The van der Waals surface area contributed by atoms with Gasteiger partial charge in [-0.05, 0) is 61.4 Å². The zero-order valence-electron chi connectivity index (χ0n) is 18.2. The lowest BCUT2D eigenvalue weighted by Gasteiger charge is -2.14. The number of carboxylic acids is 1. The van der Waals surface area contributed by atoms with Gasteiger partial charge in [-0.1, -0.05) is 13.3 Å². The largest absolute Gasteiger partial charge is 0.494 e. The first-order valence-electron chi connectivity index (χ1n) is 10.2. The van der Waals surface area contributed by atoms with Crippen LogP contribution in [0.3, 0.4) is 0 Å². The molecule has 0 aliphatic heterocycles. The number of hydrogen-bond donors (Lipinski definition) is 3. The monoisotopic (exact) mass is 455 g/mol. The highest BCUT2D eigenvalue weighted by Crippen LogP contribution is 2.16. The van der Waals surface area contributed by atoms with Crippen molar-refractivity contribution in [2.45, 2.75) is 32.7 Å². The van der Waals surface area contributed by atoms with E-state index in [0.29, 0.717) is 17.9 Å². The molecule has 0 aliphatic rings. The summed E-state index contributed by atoms with van der Waals surface area (Å²) in [5, 5.41) is 24.6. The molecule has 10 heteroatoms. The topological polar surface area (TPSA) is 148 Å². The second-order valence-electron chi connectivity index (χ2n) is 7.12. The lowest BCUT2D eigenvalue weighted by molar-refractivity contribution is -0.384. The number of amides is 2. The Balaban J connectivity index is 2.23. The molecule has 2 aromatic rings. The minimum atomic E-state index is -1.25. The van der Waals surface area contributed by atoms with E-state index in [4.69, 9.17) is 9.84 Å². The lowest BCUT2D eigenvalue weighted by Crippen LogP contribution is -2.42. The van der Waals surface area contributed by atoms with E-state index in [1.54, 1.807) is 12.1 Å². The normalized spacial score (nSPS) is 11.9. The maximum Gasteiger partial charge on any atom is 0.325 e. The van der Waals surface area contributed by atoms with Crippen LogP contribution in [0.4, 0.5) is 5.69 Å². The number of nitro benzene ring substituents is 1. The molecule has 33 heavy (non-hydrogen) atoms. The third kappa shape index (κ3) is 7.76. The predicted molar refractivity (Wildman–Crippen MR) is 121 cm³/mol. The van der Waals surface area contributed by atoms with Crippen molar-refractivity contribution >= 4 is 29.5 Å². The van der Waals surface area contributed by atoms with Crippen LogP contribution in [0.1, 0.15) is 42.6 Å². The number of unbranched alkanes of at least 4 members (excludes halogenated alkanes) is 1. The summed E-state index contributed by atoms with van der Waals surface area (Å²) in [7, 11) is 0. The number of benzene rings is 2. The summed E-state index contributed by atoms with van der Waals surface area (Å²) in [6, 6.07) is 10.5. The smallest absolute Gasteiger partial charge is 0.325 e. The van der Waals surface area contributed by atoms with Crippen LogP contribution >= 0.6 is 0 Å². The van der Waals surface area contributed by atoms with Gasteiger partial charge in [-0.15, -0.1) is 0 Å². The average Bonchev–Trinajstić information content (AvgIpc) is 2.79. The van der Waals surface area contributed by atoms with Crippen molar-refractivity contribution < 1.29 is 29.2 Å². The molecule has 3 N–H and O–H groups in total. The molecule has 0 saturated heterocycles. The number of nitrogens with zero attached hydrogens (tertiary/aromatic N) is 1. The number of aliphatic carboxylic acids is 1. The minimum absolute atomic E-state index is 0.136. The number of hydrogen-bond acceptors (Lipinski definition) is 6. The minimum Gasteiger partial charge on any atom is -0.494 e. The Hall–Kier alpha value is -4.21. The Labute approximate surface area is 190 Å². The van der Waals surface area contributed by atoms with E-state index in [1.165, 1.54) is 49.4 Å². The fraction of sp³-hybridized carbons (Fsp3) is 0.261. The number of carbonyl (C=O) groups excluding carboxylic acids is 2. The maximum atomic E-state index is 12.7. The van der Waals surface area contributed by atoms with E-state index in [-0.39, 0.29) is 16.9 Å². The van der Waals surface area contributed by atoms with E-state index < -0.39 is 28.7 Å². The van der Waals surface area contributed by atoms with Crippen LogP contribution in [-0.4, -0.2) is 40.5 Å². The third-order valence-electron chi connectivity index (χ3n) is 4.51. The Kier molecular flexibility index (Phi) is 9.10. The van der Waals surface area contributed by atoms with E-state index in [0.717, 1.165) is 12.8 Å². The first-order chi connectivity index (χ1) is 15.7. The highest BCUT2D eigenvalue weighted by molar-refractivity contribution is 6.06. The van der Waals surface area contributed by atoms with Gasteiger partial charge in [-0.2, -0.15) is 0 Å². The molecule has 2 amide bonds. The third-order valence-corrected chi connectivity index (χ3v) is 4.51. The molecular formula is C23H25N3O7. The van der Waals surface area contributed by atoms with E-state index in [1.807, 2.05) is 6.92 Å². The molecule has 1 unspecified atom stereocenters. The molecule has 0 spiro atoms. The van der Waals surface area contributed by atoms with Crippen LogP contribution in [0.25, 0.3) is 6.08 Å². The molecule has 0 bridgehead atoms. The zero-order chi connectivity index (χ0) is 24.4. The van der Waals surface area contributed by atoms with Gasteiger partial charge in [0.2, 0.25) is 0 Å². The number of carboxylic acid groups (broad SMARTS) is 1. The molecule has 0 aromatic heterocycles. The number of ether oxygens (including phenoxy) is 1. The second kappa shape index (κ2) is 12.0. The molecule has 10 nitrogen and oxygen atoms in total. The number of nitro groups is 1. The summed E-state index contributed by atoms with van der Waals surface area (Å²) >= 11 is 0. The van der Waals surface area contributed by atoms with Crippen molar-refractivity contribution in [2.24, 2.45) is 0 Å². The van der Waals surface area contributed by atoms with Gasteiger partial charge in [0.25, 0.3) is 17.5 Å². The van der Waals surface area contributed by atoms with Gasteiger partial charge < -0.3 is 20.5 Å². The average molecular weight is 455 g/mol. The molecule has 0 radical (unpaired) electrons. The maximum absolute atomic E-state index is 12.7. The second-order valence-corrected chi connectivity index (χ2v) is 7.12. The molecule has 0 heterocycles. The highest BCUT2D eigenvalue weighted by Gasteiger charge is 2.20. The van der Waals surface area contributed by atoms with Crippen molar-refractivity contribution in [3.05, 3.63) is 75.5 Å². The Morgan fingerprint density at radius 1 is 1.12 bits per heavy atom. The summed E-state index contributed by atoms with van der Waals surface area (Å²) in [5.74, 6) is -2.06. The van der Waals surface area contributed by atoms with Crippen LogP contribution in [0, 0.1) is 10.1 Å². The van der Waals surface area contributed by atoms with Crippen molar-refractivity contribution in [3.8, 4) is 5.75 Å². The Morgan fingerprint density at radius 2 is 1.76 bits per heavy atom. The van der Waals surface area contributed by atoms with Crippen molar-refractivity contribution in [1.82, 2.24) is 10.6 Å². The summed E-state index contributed by atoms with van der Waals surface area (Å²) in [4.78, 5) is 46.7. The summed E-state index contributed by atoms with van der Waals surface area (Å²) in [6.45, 7) is 3.89. The van der Waals surface area contributed by atoms with Crippen LogP contribution in [0.5, 0.6) is 5.75 Å². The number of rotatable bonds is 11. The van der Waals surface area contributed by atoms with Gasteiger partial charge >= 0.3 is 5.97 Å².